The molecule has 0 saturated heterocycles. The molecule has 0 spiro atoms. The second-order valence-corrected chi connectivity index (χ2v) is 6.08. The molecule has 1 aliphatic carbocycles. The fraction of sp³-hybridized carbons (Fsp3) is 0.600. The summed E-state index contributed by atoms with van der Waals surface area (Å²) in [7, 11) is 3.34. The summed E-state index contributed by atoms with van der Waals surface area (Å²) in [5, 5.41) is 4.48. The summed E-state index contributed by atoms with van der Waals surface area (Å²) >= 11 is 1.99. The number of nitrogens with one attached hydrogen (secondary N) is 1. The van der Waals surface area contributed by atoms with Gasteiger partial charge < -0.3 is 14.8 Å². The number of benzene rings is 1. The fourth-order valence-electron chi connectivity index (χ4n) is 2.59. The zero-order valence-electron chi connectivity index (χ0n) is 11.9. The van der Waals surface area contributed by atoms with Crippen LogP contribution in [0.15, 0.2) is 18.2 Å². The van der Waals surface area contributed by atoms with Gasteiger partial charge in [-0.25, -0.2) is 0 Å². The van der Waals surface area contributed by atoms with Crippen LogP contribution in [0.1, 0.15) is 24.8 Å². The van der Waals surface area contributed by atoms with E-state index in [0.717, 1.165) is 23.3 Å². The van der Waals surface area contributed by atoms with Crippen molar-refractivity contribution in [1.82, 2.24) is 5.32 Å². The average Bonchev–Trinajstić information content (AvgIpc) is 2.92. The van der Waals surface area contributed by atoms with Gasteiger partial charge in [0.15, 0.2) is 11.5 Å². The monoisotopic (exact) mass is 281 g/mol. The van der Waals surface area contributed by atoms with E-state index in [-0.39, 0.29) is 0 Å². The van der Waals surface area contributed by atoms with Crippen molar-refractivity contribution in [2.45, 2.75) is 37.1 Å². The Bertz CT molecular complexity index is 411. The largest absolute Gasteiger partial charge is 0.493 e. The molecule has 19 heavy (non-hydrogen) atoms. The third kappa shape index (κ3) is 3.80. The van der Waals surface area contributed by atoms with E-state index in [9.17, 15) is 0 Å². The summed E-state index contributed by atoms with van der Waals surface area (Å²) in [6.07, 6.45) is 6.12. The van der Waals surface area contributed by atoms with E-state index in [1.54, 1.807) is 14.2 Å². The Morgan fingerprint density at radius 2 is 2.00 bits per heavy atom. The number of ether oxygens (including phenoxy) is 2. The van der Waals surface area contributed by atoms with E-state index < -0.39 is 0 Å². The van der Waals surface area contributed by atoms with E-state index in [1.807, 2.05) is 23.9 Å². The summed E-state index contributed by atoms with van der Waals surface area (Å²) < 4.78 is 10.6. The van der Waals surface area contributed by atoms with Crippen molar-refractivity contribution < 1.29 is 9.47 Å². The molecule has 0 bridgehead atoms. The predicted octanol–water partition coefficient (Wildman–Crippen LogP) is 3.08. The van der Waals surface area contributed by atoms with Crippen molar-refractivity contribution in [3.63, 3.8) is 0 Å². The van der Waals surface area contributed by atoms with Gasteiger partial charge in [-0.05, 0) is 43.2 Å². The van der Waals surface area contributed by atoms with Crippen molar-refractivity contribution in [1.29, 1.82) is 0 Å². The molecule has 1 saturated carbocycles. The lowest BCUT2D eigenvalue weighted by molar-refractivity contribution is 0.354. The van der Waals surface area contributed by atoms with Gasteiger partial charge in [0.05, 0.1) is 14.2 Å². The molecule has 2 unspecified atom stereocenters. The van der Waals surface area contributed by atoms with E-state index in [1.165, 1.54) is 24.8 Å². The van der Waals surface area contributed by atoms with Crippen LogP contribution in [-0.2, 0) is 6.54 Å². The smallest absolute Gasteiger partial charge is 0.161 e. The summed E-state index contributed by atoms with van der Waals surface area (Å²) in [6.45, 7) is 0.895. The van der Waals surface area contributed by atoms with Gasteiger partial charge in [0.1, 0.15) is 0 Å². The SMILES string of the molecule is COc1ccc(CNC2CCC(SC)C2)cc1OC. The van der Waals surface area contributed by atoms with Crippen LogP contribution in [0.2, 0.25) is 0 Å². The number of rotatable bonds is 6. The molecule has 3 nitrogen and oxygen atoms in total. The van der Waals surface area contributed by atoms with Gasteiger partial charge >= 0.3 is 0 Å². The van der Waals surface area contributed by atoms with Crippen LogP contribution in [0.3, 0.4) is 0 Å². The highest BCUT2D eigenvalue weighted by Gasteiger charge is 2.23. The summed E-state index contributed by atoms with van der Waals surface area (Å²) in [6, 6.07) is 6.77. The minimum atomic E-state index is 0.658. The van der Waals surface area contributed by atoms with Gasteiger partial charge in [-0.1, -0.05) is 6.07 Å². The van der Waals surface area contributed by atoms with Crippen LogP contribution in [0.25, 0.3) is 0 Å². The molecule has 106 valence electrons. The molecule has 1 aromatic rings. The number of methoxy groups -OCH3 is 2. The maximum atomic E-state index is 5.33. The lowest BCUT2D eigenvalue weighted by Crippen LogP contribution is -2.26. The number of thioether (sulfide) groups is 1. The molecular formula is C15H23NO2S. The average molecular weight is 281 g/mol. The quantitative estimate of drug-likeness (QED) is 0.868. The Kier molecular flexibility index (Phi) is 5.40. The third-order valence-electron chi connectivity index (χ3n) is 3.76. The van der Waals surface area contributed by atoms with Gasteiger partial charge in [0.25, 0.3) is 0 Å². The third-order valence-corrected chi connectivity index (χ3v) is 4.86. The molecule has 2 atom stereocenters. The van der Waals surface area contributed by atoms with Crippen molar-refractivity contribution in [3.8, 4) is 11.5 Å². The fourth-order valence-corrected chi connectivity index (χ4v) is 3.39. The zero-order chi connectivity index (χ0) is 13.7. The Balaban J connectivity index is 1.89. The Labute approximate surface area is 120 Å². The van der Waals surface area contributed by atoms with E-state index in [4.69, 9.17) is 9.47 Å². The van der Waals surface area contributed by atoms with Gasteiger partial charge in [0.2, 0.25) is 0 Å². The first-order valence-corrected chi connectivity index (χ1v) is 8.02. The molecule has 1 aromatic carbocycles. The van der Waals surface area contributed by atoms with Crippen molar-refractivity contribution >= 4 is 11.8 Å². The molecule has 1 fully saturated rings. The van der Waals surface area contributed by atoms with Gasteiger partial charge in [-0.15, -0.1) is 0 Å². The highest BCUT2D eigenvalue weighted by atomic mass is 32.2. The second-order valence-electron chi connectivity index (χ2n) is 4.94. The molecule has 1 N–H and O–H groups in total. The normalized spacial score (nSPS) is 22.5. The van der Waals surface area contributed by atoms with Crippen LogP contribution in [0, 0.1) is 0 Å². The minimum Gasteiger partial charge on any atom is -0.493 e. The minimum absolute atomic E-state index is 0.658. The standard InChI is InChI=1S/C15H23NO2S/c1-17-14-7-4-11(8-15(14)18-2)10-16-12-5-6-13(9-12)19-3/h4,7-8,12-13,16H,5-6,9-10H2,1-3H3. The van der Waals surface area contributed by atoms with E-state index in [0.29, 0.717) is 6.04 Å². The highest BCUT2D eigenvalue weighted by Crippen LogP contribution is 2.29. The highest BCUT2D eigenvalue weighted by molar-refractivity contribution is 7.99. The second kappa shape index (κ2) is 7.06. The molecule has 0 aliphatic heterocycles. The molecule has 0 aromatic heterocycles. The first kappa shape index (κ1) is 14.5. The molecule has 0 heterocycles. The summed E-state index contributed by atoms with van der Waals surface area (Å²) in [5.41, 5.74) is 1.24. The first-order chi connectivity index (χ1) is 9.26. The lowest BCUT2D eigenvalue weighted by atomic mass is 10.1. The van der Waals surface area contributed by atoms with Crippen LogP contribution in [-0.4, -0.2) is 31.8 Å². The van der Waals surface area contributed by atoms with Crippen LogP contribution >= 0.6 is 11.8 Å². The number of hydrogen-bond donors (Lipinski definition) is 1. The van der Waals surface area contributed by atoms with Crippen molar-refractivity contribution in [2.24, 2.45) is 0 Å². The molecule has 4 heteroatoms. The van der Waals surface area contributed by atoms with Gasteiger partial charge in [-0.3, -0.25) is 0 Å². The first-order valence-electron chi connectivity index (χ1n) is 6.74. The lowest BCUT2D eigenvalue weighted by Gasteiger charge is -2.14. The molecule has 0 radical (unpaired) electrons. The van der Waals surface area contributed by atoms with E-state index >= 15 is 0 Å². The molecular weight excluding hydrogens is 258 g/mol. The van der Waals surface area contributed by atoms with Crippen molar-refractivity contribution in [2.75, 3.05) is 20.5 Å². The summed E-state index contributed by atoms with van der Waals surface area (Å²) in [4.78, 5) is 0. The zero-order valence-corrected chi connectivity index (χ0v) is 12.8. The topological polar surface area (TPSA) is 30.5 Å². The van der Waals surface area contributed by atoms with Crippen LogP contribution in [0.4, 0.5) is 0 Å². The maximum absolute atomic E-state index is 5.33. The Morgan fingerprint density at radius 1 is 1.21 bits per heavy atom. The van der Waals surface area contributed by atoms with Crippen molar-refractivity contribution in [3.05, 3.63) is 23.8 Å². The van der Waals surface area contributed by atoms with Crippen LogP contribution < -0.4 is 14.8 Å². The maximum Gasteiger partial charge on any atom is 0.161 e. The van der Waals surface area contributed by atoms with Gasteiger partial charge in [-0.2, -0.15) is 11.8 Å². The van der Waals surface area contributed by atoms with Gasteiger partial charge in [0, 0.05) is 17.8 Å². The molecule has 2 rings (SSSR count). The van der Waals surface area contributed by atoms with Crippen LogP contribution in [0.5, 0.6) is 11.5 Å². The number of hydrogen-bond acceptors (Lipinski definition) is 4. The summed E-state index contributed by atoms with van der Waals surface area (Å²) in [5.74, 6) is 1.59. The predicted molar refractivity (Wildman–Crippen MR) is 81.3 cm³/mol. The van der Waals surface area contributed by atoms with E-state index in [2.05, 4.69) is 17.6 Å². The molecule has 1 aliphatic rings. The molecule has 0 amide bonds. The Morgan fingerprint density at radius 3 is 2.63 bits per heavy atom. The Hall–Kier alpha value is -0.870.